The number of aryl methyl sites for hydroxylation is 1. The summed E-state index contributed by atoms with van der Waals surface area (Å²) in [7, 11) is 0. The highest BCUT2D eigenvalue weighted by Crippen LogP contribution is 2.20. The molecule has 1 aromatic carbocycles. The number of hydrogen-bond acceptors (Lipinski definition) is 5. The molecule has 7 nitrogen and oxygen atoms in total. The summed E-state index contributed by atoms with van der Waals surface area (Å²) in [6.45, 7) is 7.09. The van der Waals surface area contributed by atoms with Crippen LogP contribution in [0.2, 0.25) is 0 Å². The van der Waals surface area contributed by atoms with Crippen LogP contribution in [0.3, 0.4) is 0 Å². The molecule has 0 fully saturated rings. The molecule has 2 rings (SSSR count). The molecule has 0 radical (unpaired) electrons. The average Bonchev–Trinajstić information content (AvgIpc) is 2.91. The first-order valence-electron chi connectivity index (χ1n) is 7.35. The summed E-state index contributed by atoms with van der Waals surface area (Å²) in [5, 5.41) is 9.27. The number of amides is 2. The lowest BCUT2D eigenvalue weighted by Gasteiger charge is -2.19. The topological polar surface area (TPSA) is 97.1 Å². The predicted molar refractivity (Wildman–Crippen MR) is 85.2 cm³/mol. The van der Waals surface area contributed by atoms with Crippen molar-refractivity contribution in [3.8, 4) is 0 Å². The van der Waals surface area contributed by atoms with Crippen LogP contribution in [0.4, 0.5) is 10.5 Å². The van der Waals surface area contributed by atoms with E-state index in [0.29, 0.717) is 23.0 Å². The molecule has 7 heteroatoms. The SMILES string of the molecule is CC(=O)c1cccc(NC(=O)NC(c2nc(C)no2)C(C)C)c1. The Morgan fingerprint density at radius 1 is 1.26 bits per heavy atom. The van der Waals surface area contributed by atoms with Crippen LogP contribution in [0.5, 0.6) is 0 Å². The molecule has 1 heterocycles. The van der Waals surface area contributed by atoms with E-state index in [9.17, 15) is 9.59 Å². The minimum absolute atomic E-state index is 0.0598. The predicted octanol–water partition coefficient (Wildman–Crippen LogP) is 3.10. The fraction of sp³-hybridized carbons (Fsp3) is 0.375. The standard InChI is InChI=1S/C16H20N4O3/c1-9(2)14(15-17-11(4)20-23-15)19-16(22)18-13-7-5-6-12(8-13)10(3)21/h5-9,14H,1-4H3,(H2,18,19,22). The Morgan fingerprint density at radius 3 is 2.57 bits per heavy atom. The Bertz CT molecular complexity index is 709. The van der Waals surface area contributed by atoms with Gasteiger partial charge in [0.25, 0.3) is 0 Å². The van der Waals surface area contributed by atoms with Gasteiger partial charge in [0.1, 0.15) is 6.04 Å². The fourth-order valence-corrected chi connectivity index (χ4v) is 2.08. The third-order valence-electron chi connectivity index (χ3n) is 3.29. The van der Waals surface area contributed by atoms with Crippen LogP contribution in [0.15, 0.2) is 28.8 Å². The van der Waals surface area contributed by atoms with Crippen molar-refractivity contribution in [1.82, 2.24) is 15.5 Å². The number of carbonyl (C=O) groups excluding carboxylic acids is 2. The number of nitrogens with one attached hydrogen (secondary N) is 2. The summed E-state index contributed by atoms with van der Waals surface area (Å²) >= 11 is 0. The van der Waals surface area contributed by atoms with Crippen molar-refractivity contribution in [3.05, 3.63) is 41.5 Å². The fourth-order valence-electron chi connectivity index (χ4n) is 2.08. The van der Waals surface area contributed by atoms with Gasteiger partial charge < -0.3 is 15.2 Å². The summed E-state index contributed by atoms with van der Waals surface area (Å²) in [4.78, 5) is 27.7. The number of rotatable bonds is 5. The lowest BCUT2D eigenvalue weighted by Crippen LogP contribution is -2.35. The number of hydrogen-bond donors (Lipinski definition) is 2. The van der Waals surface area contributed by atoms with Crippen molar-refractivity contribution < 1.29 is 14.1 Å². The number of aromatic nitrogens is 2. The van der Waals surface area contributed by atoms with Crippen molar-refractivity contribution in [1.29, 1.82) is 0 Å². The molecule has 0 aliphatic rings. The minimum Gasteiger partial charge on any atom is -0.337 e. The maximum Gasteiger partial charge on any atom is 0.319 e. The molecular weight excluding hydrogens is 296 g/mol. The Labute approximate surface area is 134 Å². The van der Waals surface area contributed by atoms with Crippen molar-refractivity contribution in [2.75, 3.05) is 5.32 Å². The van der Waals surface area contributed by atoms with Gasteiger partial charge in [-0.3, -0.25) is 4.79 Å². The molecule has 0 saturated carbocycles. The van der Waals surface area contributed by atoms with Gasteiger partial charge in [0.05, 0.1) is 0 Å². The van der Waals surface area contributed by atoms with Crippen LogP contribution in [0.1, 0.15) is 48.9 Å². The molecule has 2 N–H and O–H groups in total. The maximum absolute atomic E-state index is 12.2. The minimum atomic E-state index is -0.403. The van der Waals surface area contributed by atoms with E-state index in [1.807, 2.05) is 13.8 Å². The van der Waals surface area contributed by atoms with E-state index in [1.165, 1.54) is 6.92 Å². The molecule has 0 aliphatic carbocycles. The summed E-state index contributed by atoms with van der Waals surface area (Å²) in [5.41, 5.74) is 1.08. The van der Waals surface area contributed by atoms with Crippen molar-refractivity contribution in [2.45, 2.75) is 33.7 Å². The number of carbonyl (C=O) groups is 2. The van der Waals surface area contributed by atoms with Crippen molar-refractivity contribution in [3.63, 3.8) is 0 Å². The smallest absolute Gasteiger partial charge is 0.319 e. The van der Waals surface area contributed by atoms with E-state index in [1.54, 1.807) is 31.2 Å². The van der Waals surface area contributed by atoms with E-state index in [-0.39, 0.29) is 11.7 Å². The molecule has 0 saturated heterocycles. The summed E-state index contributed by atoms with van der Waals surface area (Å²) in [6.07, 6.45) is 0. The molecule has 2 amide bonds. The zero-order valence-corrected chi connectivity index (χ0v) is 13.6. The molecule has 23 heavy (non-hydrogen) atoms. The number of ketones is 1. The molecular formula is C16H20N4O3. The van der Waals surface area contributed by atoms with Gasteiger partial charge in [-0.25, -0.2) is 4.79 Å². The summed E-state index contributed by atoms with van der Waals surface area (Å²) in [6, 6.07) is 5.96. The molecule has 1 aromatic heterocycles. The second kappa shape index (κ2) is 7.04. The zero-order chi connectivity index (χ0) is 17.0. The molecule has 0 aliphatic heterocycles. The summed E-state index contributed by atoms with van der Waals surface area (Å²) in [5.74, 6) is 0.895. The van der Waals surface area contributed by atoms with Gasteiger partial charge in [0, 0.05) is 11.3 Å². The number of Topliss-reactive ketones (excluding diaryl/α,β-unsaturated/α-hetero) is 1. The number of anilines is 1. The monoisotopic (exact) mass is 316 g/mol. The van der Waals surface area contributed by atoms with Gasteiger partial charge in [-0.05, 0) is 31.9 Å². The highest BCUT2D eigenvalue weighted by Gasteiger charge is 2.24. The van der Waals surface area contributed by atoms with Gasteiger partial charge in [0.2, 0.25) is 5.89 Å². The van der Waals surface area contributed by atoms with E-state index in [0.717, 1.165) is 0 Å². The van der Waals surface area contributed by atoms with Gasteiger partial charge >= 0.3 is 6.03 Å². The van der Waals surface area contributed by atoms with Crippen LogP contribution in [0.25, 0.3) is 0 Å². The van der Waals surface area contributed by atoms with Gasteiger partial charge in [-0.2, -0.15) is 4.98 Å². The van der Waals surface area contributed by atoms with Gasteiger partial charge in [-0.15, -0.1) is 0 Å². The largest absolute Gasteiger partial charge is 0.337 e. The Balaban J connectivity index is 2.08. The third-order valence-corrected chi connectivity index (χ3v) is 3.29. The van der Waals surface area contributed by atoms with Crippen LogP contribution in [-0.4, -0.2) is 22.0 Å². The molecule has 0 bridgehead atoms. The van der Waals surface area contributed by atoms with Crippen LogP contribution in [0, 0.1) is 12.8 Å². The highest BCUT2D eigenvalue weighted by atomic mass is 16.5. The van der Waals surface area contributed by atoms with Gasteiger partial charge in [-0.1, -0.05) is 31.1 Å². The van der Waals surface area contributed by atoms with E-state index in [4.69, 9.17) is 4.52 Å². The zero-order valence-electron chi connectivity index (χ0n) is 13.6. The molecule has 122 valence electrons. The van der Waals surface area contributed by atoms with Gasteiger partial charge in [0.15, 0.2) is 11.6 Å². The molecule has 1 atom stereocenters. The highest BCUT2D eigenvalue weighted by molar-refractivity contribution is 5.96. The Kier molecular flexibility index (Phi) is 5.10. The Morgan fingerprint density at radius 2 is 2.00 bits per heavy atom. The number of benzene rings is 1. The number of nitrogens with zero attached hydrogens (tertiary/aromatic N) is 2. The first-order chi connectivity index (χ1) is 10.9. The van der Waals surface area contributed by atoms with Crippen LogP contribution in [-0.2, 0) is 0 Å². The molecule has 1 unspecified atom stereocenters. The van der Waals surface area contributed by atoms with E-state index in [2.05, 4.69) is 20.8 Å². The number of urea groups is 1. The first-order valence-corrected chi connectivity index (χ1v) is 7.35. The van der Waals surface area contributed by atoms with Crippen molar-refractivity contribution in [2.24, 2.45) is 5.92 Å². The van der Waals surface area contributed by atoms with Crippen LogP contribution >= 0.6 is 0 Å². The quantitative estimate of drug-likeness (QED) is 0.826. The second-order valence-corrected chi connectivity index (χ2v) is 5.64. The maximum atomic E-state index is 12.2. The Hall–Kier alpha value is -2.70. The van der Waals surface area contributed by atoms with Crippen LogP contribution < -0.4 is 10.6 Å². The third kappa shape index (κ3) is 4.38. The molecule has 2 aromatic rings. The first kappa shape index (κ1) is 16.7. The van der Waals surface area contributed by atoms with E-state index < -0.39 is 12.1 Å². The summed E-state index contributed by atoms with van der Waals surface area (Å²) < 4.78 is 5.14. The molecule has 0 spiro atoms. The van der Waals surface area contributed by atoms with E-state index >= 15 is 0 Å². The lowest BCUT2D eigenvalue weighted by molar-refractivity contribution is 0.101. The average molecular weight is 316 g/mol. The lowest BCUT2D eigenvalue weighted by atomic mass is 10.0. The van der Waals surface area contributed by atoms with Crippen molar-refractivity contribution >= 4 is 17.5 Å². The second-order valence-electron chi connectivity index (χ2n) is 5.64. The normalized spacial score (nSPS) is 12.0.